The Bertz CT molecular complexity index is 350. The molecule has 0 fully saturated rings. The second-order valence-electron chi connectivity index (χ2n) is 6.06. The molecule has 20 heavy (non-hydrogen) atoms. The Morgan fingerprint density at radius 1 is 1.10 bits per heavy atom. The second kappa shape index (κ2) is 9.02. The van der Waals surface area contributed by atoms with Gasteiger partial charge in [-0.25, -0.2) is 0 Å². The third-order valence-electron chi connectivity index (χ3n) is 4.13. The van der Waals surface area contributed by atoms with Crippen molar-refractivity contribution in [1.82, 2.24) is 5.32 Å². The van der Waals surface area contributed by atoms with Crippen molar-refractivity contribution in [3.63, 3.8) is 0 Å². The fourth-order valence-electron chi connectivity index (χ4n) is 2.47. The van der Waals surface area contributed by atoms with Gasteiger partial charge >= 0.3 is 0 Å². The Kier molecular flexibility index (Phi) is 7.68. The van der Waals surface area contributed by atoms with Crippen molar-refractivity contribution in [2.75, 3.05) is 31.1 Å². The highest BCUT2D eigenvalue weighted by Gasteiger charge is 2.24. The van der Waals surface area contributed by atoms with Crippen LogP contribution in [0.1, 0.15) is 47.0 Å². The molecule has 0 saturated carbocycles. The molecular weight excluding hydrogens is 244 g/mol. The van der Waals surface area contributed by atoms with Crippen LogP contribution in [0.25, 0.3) is 0 Å². The zero-order valence-electron chi connectivity index (χ0n) is 13.8. The number of benzene rings is 1. The highest BCUT2D eigenvalue weighted by atomic mass is 15.1. The average Bonchev–Trinajstić information content (AvgIpc) is 2.50. The zero-order valence-corrected chi connectivity index (χ0v) is 13.8. The first-order chi connectivity index (χ1) is 9.65. The normalized spacial score (nSPS) is 14.0. The summed E-state index contributed by atoms with van der Waals surface area (Å²) in [5.74, 6) is 0. The molecule has 1 N–H and O–H groups in total. The van der Waals surface area contributed by atoms with E-state index < -0.39 is 0 Å². The minimum absolute atomic E-state index is 0.333. The predicted octanol–water partition coefficient (Wildman–Crippen LogP) is 4.32. The Balaban J connectivity index is 2.77. The predicted molar refractivity (Wildman–Crippen MR) is 90.5 cm³/mol. The third kappa shape index (κ3) is 5.54. The summed E-state index contributed by atoms with van der Waals surface area (Å²) in [6.45, 7) is 13.6. The van der Waals surface area contributed by atoms with E-state index in [2.05, 4.69) is 68.2 Å². The highest BCUT2D eigenvalue weighted by molar-refractivity contribution is 5.46. The van der Waals surface area contributed by atoms with Crippen LogP contribution in [0.2, 0.25) is 0 Å². The molecular formula is C18H32N2. The summed E-state index contributed by atoms with van der Waals surface area (Å²) in [7, 11) is 0. The van der Waals surface area contributed by atoms with Gasteiger partial charge in [-0.2, -0.15) is 0 Å². The van der Waals surface area contributed by atoms with Crippen LogP contribution in [0.15, 0.2) is 30.3 Å². The third-order valence-corrected chi connectivity index (χ3v) is 4.13. The second-order valence-corrected chi connectivity index (χ2v) is 6.06. The van der Waals surface area contributed by atoms with E-state index in [0.29, 0.717) is 5.41 Å². The quantitative estimate of drug-likeness (QED) is 0.684. The van der Waals surface area contributed by atoms with Gasteiger partial charge in [0.25, 0.3) is 0 Å². The van der Waals surface area contributed by atoms with Crippen molar-refractivity contribution in [1.29, 1.82) is 0 Å². The lowest BCUT2D eigenvalue weighted by Gasteiger charge is -2.36. The smallest absolute Gasteiger partial charge is 0.0366 e. The number of unbranched alkanes of at least 4 members (excludes halogenated alkanes) is 1. The van der Waals surface area contributed by atoms with Crippen molar-refractivity contribution in [3.05, 3.63) is 30.3 Å². The van der Waals surface area contributed by atoms with Crippen molar-refractivity contribution >= 4 is 5.69 Å². The molecule has 0 aliphatic carbocycles. The van der Waals surface area contributed by atoms with Crippen LogP contribution in [0.5, 0.6) is 0 Å². The van der Waals surface area contributed by atoms with Gasteiger partial charge < -0.3 is 10.2 Å². The summed E-state index contributed by atoms with van der Waals surface area (Å²) in [6.07, 6.45) is 3.71. The molecule has 0 heterocycles. The first-order valence-electron chi connectivity index (χ1n) is 8.16. The maximum atomic E-state index is 3.53. The molecule has 1 unspecified atom stereocenters. The van der Waals surface area contributed by atoms with E-state index in [-0.39, 0.29) is 0 Å². The first-order valence-corrected chi connectivity index (χ1v) is 8.16. The summed E-state index contributed by atoms with van der Waals surface area (Å²) in [5.41, 5.74) is 1.69. The molecule has 1 rings (SSSR count). The number of nitrogens with zero attached hydrogens (tertiary/aromatic N) is 1. The van der Waals surface area contributed by atoms with E-state index in [1.165, 1.54) is 24.9 Å². The van der Waals surface area contributed by atoms with Crippen LogP contribution in [0, 0.1) is 5.41 Å². The lowest BCUT2D eigenvalue weighted by atomic mass is 9.86. The van der Waals surface area contributed by atoms with E-state index in [1.54, 1.807) is 0 Å². The van der Waals surface area contributed by atoms with Crippen molar-refractivity contribution < 1.29 is 0 Å². The topological polar surface area (TPSA) is 15.3 Å². The van der Waals surface area contributed by atoms with Gasteiger partial charge in [-0.15, -0.1) is 0 Å². The van der Waals surface area contributed by atoms with Crippen molar-refractivity contribution in [2.24, 2.45) is 5.41 Å². The fourth-order valence-corrected chi connectivity index (χ4v) is 2.47. The molecule has 0 aliphatic heterocycles. The van der Waals surface area contributed by atoms with E-state index in [0.717, 1.165) is 26.2 Å². The SMILES string of the molecule is CCCCN(CC(C)(CC)CNCC)c1ccccc1. The van der Waals surface area contributed by atoms with E-state index >= 15 is 0 Å². The summed E-state index contributed by atoms with van der Waals surface area (Å²) >= 11 is 0. The molecule has 1 aromatic carbocycles. The largest absolute Gasteiger partial charge is 0.371 e. The molecule has 114 valence electrons. The summed E-state index contributed by atoms with van der Waals surface area (Å²) in [5, 5.41) is 3.53. The summed E-state index contributed by atoms with van der Waals surface area (Å²) in [4.78, 5) is 2.56. The molecule has 0 aliphatic rings. The standard InChI is InChI=1S/C18H32N2/c1-5-8-14-20(17-12-10-9-11-13-17)16-18(4,6-2)15-19-7-3/h9-13,19H,5-8,14-16H2,1-4H3. The Hall–Kier alpha value is -1.02. The monoisotopic (exact) mass is 276 g/mol. The Morgan fingerprint density at radius 3 is 2.35 bits per heavy atom. The van der Waals surface area contributed by atoms with Crippen LogP contribution < -0.4 is 10.2 Å². The van der Waals surface area contributed by atoms with Gasteiger partial charge in [-0.1, -0.05) is 52.3 Å². The highest BCUT2D eigenvalue weighted by Crippen LogP contribution is 2.25. The van der Waals surface area contributed by atoms with Crippen LogP contribution in [0.3, 0.4) is 0 Å². The molecule has 0 spiro atoms. The molecule has 0 radical (unpaired) electrons. The minimum Gasteiger partial charge on any atom is -0.371 e. The average molecular weight is 276 g/mol. The summed E-state index contributed by atoms with van der Waals surface area (Å²) < 4.78 is 0. The minimum atomic E-state index is 0.333. The molecule has 0 bridgehead atoms. The van der Waals surface area contributed by atoms with Gasteiger partial charge in [-0.05, 0) is 36.9 Å². The van der Waals surface area contributed by atoms with Gasteiger partial charge in [0, 0.05) is 25.3 Å². The van der Waals surface area contributed by atoms with Gasteiger partial charge in [0.15, 0.2) is 0 Å². The first kappa shape index (κ1) is 17.0. The van der Waals surface area contributed by atoms with Crippen LogP contribution in [-0.2, 0) is 0 Å². The molecule has 2 nitrogen and oxygen atoms in total. The lowest BCUT2D eigenvalue weighted by molar-refractivity contribution is 0.297. The number of rotatable bonds is 10. The summed E-state index contributed by atoms with van der Waals surface area (Å²) in [6, 6.07) is 10.8. The van der Waals surface area contributed by atoms with Crippen LogP contribution in [0.4, 0.5) is 5.69 Å². The molecule has 1 atom stereocenters. The number of anilines is 1. The van der Waals surface area contributed by atoms with Crippen LogP contribution in [-0.4, -0.2) is 26.2 Å². The van der Waals surface area contributed by atoms with E-state index in [1.807, 2.05) is 0 Å². The Labute approximate surface area is 125 Å². The van der Waals surface area contributed by atoms with E-state index in [9.17, 15) is 0 Å². The Morgan fingerprint density at radius 2 is 1.80 bits per heavy atom. The maximum absolute atomic E-state index is 3.53. The van der Waals surface area contributed by atoms with E-state index in [4.69, 9.17) is 0 Å². The van der Waals surface area contributed by atoms with Crippen molar-refractivity contribution in [2.45, 2.75) is 47.0 Å². The zero-order chi connectivity index (χ0) is 14.8. The van der Waals surface area contributed by atoms with Gasteiger partial charge in [-0.3, -0.25) is 0 Å². The van der Waals surface area contributed by atoms with Crippen molar-refractivity contribution in [3.8, 4) is 0 Å². The molecule has 1 aromatic rings. The lowest BCUT2D eigenvalue weighted by Crippen LogP contribution is -2.42. The number of hydrogen-bond donors (Lipinski definition) is 1. The maximum Gasteiger partial charge on any atom is 0.0366 e. The molecule has 2 heteroatoms. The fraction of sp³-hybridized carbons (Fsp3) is 0.667. The van der Waals surface area contributed by atoms with Gasteiger partial charge in [0.2, 0.25) is 0 Å². The number of hydrogen-bond acceptors (Lipinski definition) is 2. The van der Waals surface area contributed by atoms with Gasteiger partial charge in [0.1, 0.15) is 0 Å². The molecule has 0 amide bonds. The molecule has 0 aromatic heterocycles. The number of nitrogens with one attached hydrogen (secondary N) is 1. The number of para-hydroxylation sites is 1. The molecule has 0 saturated heterocycles. The van der Waals surface area contributed by atoms with Gasteiger partial charge in [0.05, 0.1) is 0 Å². The van der Waals surface area contributed by atoms with Crippen LogP contribution >= 0.6 is 0 Å².